The summed E-state index contributed by atoms with van der Waals surface area (Å²) in [5, 5.41) is 0.443. The second kappa shape index (κ2) is 7.74. The van der Waals surface area contributed by atoms with E-state index < -0.39 is 11.8 Å². The molecule has 134 valence electrons. The van der Waals surface area contributed by atoms with E-state index in [0.717, 1.165) is 4.90 Å². The van der Waals surface area contributed by atoms with Gasteiger partial charge in [0.15, 0.2) is 0 Å². The number of amides is 2. The third-order valence-corrected chi connectivity index (χ3v) is 5.64. The first-order valence-corrected chi connectivity index (χ1v) is 9.58. The number of halogens is 2. The number of carbonyl (C=O) groups excluding carboxylic acids is 2. The molecule has 0 unspecified atom stereocenters. The van der Waals surface area contributed by atoms with Crippen LogP contribution in [0.25, 0.3) is 5.57 Å². The van der Waals surface area contributed by atoms with Crippen LogP contribution in [0.2, 0.25) is 10.0 Å². The first-order valence-electron chi connectivity index (χ1n) is 7.84. The summed E-state index contributed by atoms with van der Waals surface area (Å²) < 4.78 is 5.38. The fourth-order valence-corrected chi connectivity index (χ4v) is 3.99. The zero-order valence-electron chi connectivity index (χ0n) is 14.1. The number of rotatable bonds is 5. The predicted molar refractivity (Wildman–Crippen MR) is 107 cm³/mol. The Bertz CT molecular complexity index is 927. The standard InChI is InChI=1S/C19H15Cl2NO3S/c1-3-26-17-15(11-7-4-5-10-14(11)25-2)18(23)22(19(17)24)13-9-6-8-12(20)16(13)21/h4-10H,3H2,1-2H3. The molecule has 26 heavy (non-hydrogen) atoms. The van der Waals surface area contributed by atoms with Gasteiger partial charge in [-0.1, -0.05) is 54.4 Å². The van der Waals surface area contributed by atoms with Crippen molar-refractivity contribution in [2.45, 2.75) is 6.92 Å². The van der Waals surface area contributed by atoms with E-state index in [1.165, 1.54) is 18.9 Å². The SMILES string of the molecule is CCSC1=C(c2ccccc2OC)C(=O)N(c2cccc(Cl)c2Cl)C1=O. The minimum Gasteiger partial charge on any atom is -0.496 e. The van der Waals surface area contributed by atoms with Crippen molar-refractivity contribution in [2.24, 2.45) is 0 Å². The highest BCUT2D eigenvalue weighted by Crippen LogP contribution is 2.43. The summed E-state index contributed by atoms with van der Waals surface area (Å²) in [6.07, 6.45) is 0. The van der Waals surface area contributed by atoms with Crippen LogP contribution in [0.1, 0.15) is 12.5 Å². The molecule has 0 N–H and O–H groups in total. The fraction of sp³-hybridized carbons (Fsp3) is 0.158. The van der Waals surface area contributed by atoms with Gasteiger partial charge in [0, 0.05) is 5.56 Å². The maximum atomic E-state index is 13.2. The third-order valence-electron chi connectivity index (χ3n) is 3.88. The number of para-hydroxylation sites is 1. The summed E-state index contributed by atoms with van der Waals surface area (Å²) in [4.78, 5) is 27.7. The molecule has 1 aliphatic heterocycles. The van der Waals surface area contributed by atoms with Gasteiger partial charge in [0.05, 0.1) is 33.3 Å². The van der Waals surface area contributed by atoms with Crippen molar-refractivity contribution in [2.75, 3.05) is 17.8 Å². The van der Waals surface area contributed by atoms with Crippen LogP contribution in [0.3, 0.4) is 0 Å². The molecule has 0 saturated heterocycles. The number of carbonyl (C=O) groups is 2. The van der Waals surface area contributed by atoms with Crippen molar-refractivity contribution >= 4 is 58.0 Å². The maximum absolute atomic E-state index is 13.2. The minimum absolute atomic E-state index is 0.165. The van der Waals surface area contributed by atoms with Gasteiger partial charge in [-0.05, 0) is 24.0 Å². The minimum atomic E-state index is -0.445. The number of anilines is 1. The van der Waals surface area contributed by atoms with Crippen LogP contribution >= 0.6 is 35.0 Å². The van der Waals surface area contributed by atoms with E-state index >= 15 is 0 Å². The molecule has 3 rings (SSSR count). The molecule has 2 amide bonds. The maximum Gasteiger partial charge on any atom is 0.272 e. The Morgan fingerprint density at radius 1 is 1.04 bits per heavy atom. The van der Waals surface area contributed by atoms with Gasteiger partial charge in [-0.15, -0.1) is 11.8 Å². The molecule has 0 spiro atoms. The Labute approximate surface area is 165 Å². The van der Waals surface area contributed by atoms with Gasteiger partial charge in [0.1, 0.15) is 5.75 Å². The summed E-state index contributed by atoms with van der Waals surface area (Å²) in [5.41, 5.74) is 1.16. The summed E-state index contributed by atoms with van der Waals surface area (Å²) in [6.45, 7) is 1.92. The third kappa shape index (κ3) is 3.11. The lowest BCUT2D eigenvalue weighted by molar-refractivity contribution is -0.119. The van der Waals surface area contributed by atoms with Crippen molar-refractivity contribution in [3.8, 4) is 5.75 Å². The number of methoxy groups -OCH3 is 1. The van der Waals surface area contributed by atoms with Crippen molar-refractivity contribution < 1.29 is 14.3 Å². The Kier molecular flexibility index (Phi) is 5.61. The summed E-state index contributed by atoms with van der Waals surface area (Å²) >= 11 is 13.6. The van der Waals surface area contributed by atoms with Gasteiger partial charge in [-0.2, -0.15) is 0 Å². The molecule has 0 aliphatic carbocycles. The highest BCUT2D eigenvalue weighted by atomic mass is 35.5. The zero-order valence-corrected chi connectivity index (χ0v) is 16.4. The summed E-state index contributed by atoms with van der Waals surface area (Å²) in [5.74, 6) is 0.313. The number of benzene rings is 2. The molecule has 0 radical (unpaired) electrons. The average molecular weight is 408 g/mol. The van der Waals surface area contributed by atoms with Crippen LogP contribution in [0.5, 0.6) is 5.75 Å². The quantitative estimate of drug-likeness (QED) is 0.651. The number of hydrogen-bond donors (Lipinski definition) is 0. The number of nitrogens with zero attached hydrogens (tertiary/aromatic N) is 1. The van der Waals surface area contributed by atoms with Crippen LogP contribution in [0, 0.1) is 0 Å². The van der Waals surface area contributed by atoms with E-state index in [-0.39, 0.29) is 15.7 Å². The normalized spacial score (nSPS) is 14.4. The first-order chi connectivity index (χ1) is 12.5. The van der Waals surface area contributed by atoms with Crippen LogP contribution in [0.15, 0.2) is 47.4 Å². The van der Waals surface area contributed by atoms with Crippen molar-refractivity contribution in [3.63, 3.8) is 0 Å². The predicted octanol–water partition coefficient (Wildman–Crippen LogP) is 5.04. The number of thioether (sulfide) groups is 1. The molecule has 0 atom stereocenters. The van der Waals surface area contributed by atoms with Gasteiger partial charge in [0.2, 0.25) is 0 Å². The second-order valence-corrected chi connectivity index (χ2v) is 7.42. The number of hydrogen-bond acceptors (Lipinski definition) is 4. The average Bonchev–Trinajstić information content (AvgIpc) is 2.88. The Hall–Kier alpha value is -1.95. The fourth-order valence-electron chi connectivity index (χ4n) is 2.76. The van der Waals surface area contributed by atoms with Crippen molar-refractivity contribution in [1.29, 1.82) is 0 Å². The molecule has 1 heterocycles. The Balaban J connectivity index is 2.18. The highest BCUT2D eigenvalue weighted by molar-refractivity contribution is 8.04. The van der Waals surface area contributed by atoms with Crippen LogP contribution in [-0.4, -0.2) is 24.7 Å². The van der Waals surface area contributed by atoms with Crippen LogP contribution in [0.4, 0.5) is 5.69 Å². The van der Waals surface area contributed by atoms with Crippen molar-refractivity contribution in [3.05, 3.63) is 63.0 Å². The summed E-state index contributed by atoms with van der Waals surface area (Å²) in [6, 6.07) is 12.0. The van der Waals surface area contributed by atoms with E-state index in [1.54, 1.807) is 36.4 Å². The van der Waals surface area contributed by atoms with E-state index in [9.17, 15) is 9.59 Å². The van der Waals surface area contributed by atoms with E-state index in [1.807, 2.05) is 13.0 Å². The zero-order chi connectivity index (χ0) is 18.8. The number of ether oxygens (including phenoxy) is 1. The van der Waals surface area contributed by atoms with Gasteiger partial charge < -0.3 is 4.74 Å². The monoisotopic (exact) mass is 407 g/mol. The number of imide groups is 1. The van der Waals surface area contributed by atoms with Gasteiger partial charge in [-0.3, -0.25) is 9.59 Å². The molecular formula is C19H15Cl2NO3S. The molecule has 0 aromatic heterocycles. The molecule has 1 aliphatic rings. The summed E-state index contributed by atoms with van der Waals surface area (Å²) in [7, 11) is 1.53. The lowest BCUT2D eigenvalue weighted by Gasteiger charge is -2.17. The molecule has 4 nitrogen and oxygen atoms in total. The first kappa shape index (κ1) is 18.8. The molecular weight excluding hydrogens is 393 g/mol. The molecule has 7 heteroatoms. The highest BCUT2D eigenvalue weighted by Gasteiger charge is 2.41. The van der Waals surface area contributed by atoms with E-state index in [0.29, 0.717) is 27.5 Å². The smallest absolute Gasteiger partial charge is 0.272 e. The molecule has 0 fully saturated rings. The van der Waals surface area contributed by atoms with Crippen LogP contribution < -0.4 is 9.64 Å². The van der Waals surface area contributed by atoms with E-state index in [4.69, 9.17) is 27.9 Å². The lowest BCUT2D eigenvalue weighted by atomic mass is 10.0. The lowest BCUT2D eigenvalue weighted by Crippen LogP contribution is -2.31. The van der Waals surface area contributed by atoms with Crippen molar-refractivity contribution in [1.82, 2.24) is 0 Å². The molecule has 2 aromatic carbocycles. The Morgan fingerprint density at radius 2 is 1.77 bits per heavy atom. The van der Waals surface area contributed by atoms with E-state index in [2.05, 4.69) is 0 Å². The second-order valence-electron chi connectivity index (χ2n) is 5.36. The Morgan fingerprint density at radius 3 is 2.46 bits per heavy atom. The van der Waals surface area contributed by atoms with Crippen LogP contribution in [-0.2, 0) is 9.59 Å². The van der Waals surface area contributed by atoms with Gasteiger partial charge in [-0.25, -0.2) is 4.90 Å². The van der Waals surface area contributed by atoms with Gasteiger partial charge in [0.25, 0.3) is 11.8 Å². The largest absolute Gasteiger partial charge is 0.496 e. The molecule has 0 bridgehead atoms. The molecule has 2 aromatic rings. The topological polar surface area (TPSA) is 46.6 Å². The molecule has 0 saturated carbocycles. The van der Waals surface area contributed by atoms with Gasteiger partial charge >= 0.3 is 0 Å².